The Morgan fingerprint density at radius 3 is 2.67 bits per heavy atom. The highest BCUT2D eigenvalue weighted by Gasteiger charge is 2.18. The van der Waals surface area contributed by atoms with Crippen molar-refractivity contribution in [1.82, 2.24) is 9.78 Å². The molecule has 2 aromatic rings. The Balaban J connectivity index is 2.38. The van der Waals surface area contributed by atoms with Gasteiger partial charge < -0.3 is 10.4 Å². The molecule has 21 heavy (non-hydrogen) atoms. The minimum absolute atomic E-state index is 0.0743. The molecule has 1 heterocycles. The lowest BCUT2D eigenvalue weighted by atomic mass is 10.1. The van der Waals surface area contributed by atoms with Gasteiger partial charge in [-0.1, -0.05) is 19.1 Å². The van der Waals surface area contributed by atoms with Crippen LogP contribution in [0.5, 0.6) is 0 Å². The maximum absolute atomic E-state index is 12.4. The van der Waals surface area contributed by atoms with E-state index in [-0.39, 0.29) is 11.5 Å². The summed E-state index contributed by atoms with van der Waals surface area (Å²) >= 11 is 0. The van der Waals surface area contributed by atoms with E-state index in [9.17, 15) is 14.7 Å². The lowest BCUT2D eigenvalue weighted by molar-refractivity contribution is 0.0698. The van der Waals surface area contributed by atoms with E-state index >= 15 is 0 Å². The number of aryl methyl sites for hydroxylation is 3. The molecule has 0 bridgehead atoms. The van der Waals surface area contributed by atoms with Crippen molar-refractivity contribution < 1.29 is 14.7 Å². The third-order valence-corrected chi connectivity index (χ3v) is 3.23. The number of nitrogens with zero attached hydrogens (tertiary/aromatic N) is 2. The van der Waals surface area contributed by atoms with Gasteiger partial charge in [-0.25, -0.2) is 4.79 Å². The Morgan fingerprint density at radius 2 is 2.05 bits per heavy atom. The molecule has 0 aliphatic heterocycles. The SMILES string of the molecule is CCc1nn(C)cc1C(=O)Nc1c(C)cccc1C(=O)O. The van der Waals surface area contributed by atoms with Crippen LogP contribution < -0.4 is 5.32 Å². The number of carbonyl (C=O) groups excluding carboxylic acids is 1. The van der Waals surface area contributed by atoms with Crippen LogP contribution in [0.25, 0.3) is 0 Å². The largest absolute Gasteiger partial charge is 0.478 e. The van der Waals surface area contributed by atoms with Crippen LogP contribution in [0.15, 0.2) is 24.4 Å². The minimum Gasteiger partial charge on any atom is -0.478 e. The van der Waals surface area contributed by atoms with Crippen molar-refractivity contribution >= 4 is 17.6 Å². The van der Waals surface area contributed by atoms with Gasteiger partial charge in [0.2, 0.25) is 0 Å². The van der Waals surface area contributed by atoms with E-state index in [1.165, 1.54) is 6.07 Å². The number of rotatable bonds is 4. The zero-order chi connectivity index (χ0) is 15.6. The first-order chi connectivity index (χ1) is 9.93. The molecule has 0 saturated carbocycles. The second kappa shape index (κ2) is 5.78. The topological polar surface area (TPSA) is 84.2 Å². The van der Waals surface area contributed by atoms with Crippen molar-refractivity contribution in [3.05, 3.63) is 46.8 Å². The van der Waals surface area contributed by atoms with E-state index < -0.39 is 5.97 Å². The van der Waals surface area contributed by atoms with Crippen molar-refractivity contribution in [3.8, 4) is 0 Å². The van der Waals surface area contributed by atoms with Crippen LogP contribution >= 0.6 is 0 Å². The molecular weight excluding hydrogens is 270 g/mol. The third-order valence-electron chi connectivity index (χ3n) is 3.23. The monoisotopic (exact) mass is 287 g/mol. The van der Waals surface area contributed by atoms with Crippen LogP contribution in [0.4, 0.5) is 5.69 Å². The number of anilines is 1. The Bertz CT molecular complexity index is 704. The first kappa shape index (κ1) is 14.8. The maximum Gasteiger partial charge on any atom is 0.337 e. The van der Waals surface area contributed by atoms with Gasteiger partial charge in [0.15, 0.2) is 0 Å². The minimum atomic E-state index is -1.07. The van der Waals surface area contributed by atoms with E-state index in [2.05, 4.69) is 10.4 Å². The number of nitrogens with one attached hydrogen (secondary N) is 1. The summed E-state index contributed by atoms with van der Waals surface area (Å²) in [6.07, 6.45) is 2.26. The number of aromatic nitrogens is 2. The van der Waals surface area contributed by atoms with Gasteiger partial charge >= 0.3 is 5.97 Å². The van der Waals surface area contributed by atoms with Gasteiger partial charge in [0.05, 0.1) is 22.5 Å². The van der Waals surface area contributed by atoms with E-state index in [0.29, 0.717) is 28.9 Å². The van der Waals surface area contributed by atoms with Gasteiger partial charge in [-0.3, -0.25) is 9.48 Å². The number of carboxylic acid groups (broad SMARTS) is 1. The standard InChI is InChI=1S/C15H17N3O3/c1-4-12-11(8-18(3)17-12)14(19)16-13-9(2)6-5-7-10(13)15(20)21/h5-8H,4H2,1-3H3,(H,16,19)(H,20,21). The van der Waals surface area contributed by atoms with Crippen LogP contribution in [-0.4, -0.2) is 26.8 Å². The molecule has 0 aliphatic rings. The first-order valence-electron chi connectivity index (χ1n) is 6.60. The normalized spacial score (nSPS) is 10.4. The molecule has 2 N–H and O–H groups in total. The van der Waals surface area contributed by atoms with E-state index in [1.807, 2.05) is 6.92 Å². The molecule has 6 nitrogen and oxygen atoms in total. The van der Waals surface area contributed by atoms with Gasteiger partial charge in [-0.15, -0.1) is 0 Å². The summed E-state index contributed by atoms with van der Waals surface area (Å²) in [4.78, 5) is 23.6. The van der Waals surface area contributed by atoms with Crippen molar-refractivity contribution in [3.63, 3.8) is 0 Å². The molecule has 1 amide bonds. The van der Waals surface area contributed by atoms with Crippen LogP contribution in [0.3, 0.4) is 0 Å². The van der Waals surface area contributed by atoms with E-state index in [4.69, 9.17) is 0 Å². The van der Waals surface area contributed by atoms with Crippen LogP contribution in [-0.2, 0) is 13.5 Å². The molecule has 0 aliphatic carbocycles. The van der Waals surface area contributed by atoms with Crippen LogP contribution in [0.2, 0.25) is 0 Å². The van der Waals surface area contributed by atoms with Crippen molar-refractivity contribution in [2.45, 2.75) is 20.3 Å². The van der Waals surface area contributed by atoms with Crippen molar-refractivity contribution in [2.75, 3.05) is 5.32 Å². The summed E-state index contributed by atoms with van der Waals surface area (Å²) in [5.74, 6) is -1.42. The molecule has 0 spiro atoms. The first-order valence-corrected chi connectivity index (χ1v) is 6.60. The van der Waals surface area contributed by atoms with E-state index in [1.54, 1.807) is 37.0 Å². The number of carboxylic acids is 1. The molecule has 110 valence electrons. The Kier molecular flexibility index (Phi) is 4.07. The van der Waals surface area contributed by atoms with Gasteiger partial charge in [0.25, 0.3) is 5.91 Å². The molecule has 0 fully saturated rings. The number of benzene rings is 1. The second-order valence-corrected chi connectivity index (χ2v) is 4.77. The third kappa shape index (κ3) is 2.94. The van der Waals surface area contributed by atoms with Gasteiger partial charge in [0, 0.05) is 13.2 Å². The molecule has 1 aromatic heterocycles. The fraction of sp³-hybridized carbons (Fsp3) is 0.267. The number of amides is 1. The molecule has 0 atom stereocenters. The lowest BCUT2D eigenvalue weighted by Gasteiger charge is -2.11. The number of hydrogen-bond acceptors (Lipinski definition) is 3. The van der Waals surface area contributed by atoms with Crippen molar-refractivity contribution in [1.29, 1.82) is 0 Å². The lowest BCUT2D eigenvalue weighted by Crippen LogP contribution is -2.16. The maximum atomic E-state index is 12.4. The molecule has 1 aromatic carbocycles. The number of hydrogen-bond donors (Lipinski definition) is 2. The zero-order valence-corrected chi connectivity index (χ0v) is 12.2. The average Bonchev–Trinajstić information content (AvgIpc) is 2.82. The summed E-state index contributed by atoms with van der Waals surface area (Å²) < 4.78 is 1.57. The van der Waals surface area contributed by atoms with E-state index in [0.717, 1.165) is 0 Å². The fourth-order valence-corrected chi connectivity index (χ4v) is 2.18. The molecule has 0 saturated heterocycles. The molecule has 0 radical (unpaired) electrons. The van der Waals surface area contributed by atoms with Crippen LogP contribution in [0, 0.1) is 6.92 Å². The quantitative estimate of drug-likeness (QED) is 0.903. The second-order valence-electron chi connectivity index (χ2n) is 4.77. The Hall–Kier alpha value is -2.63. The van der Waals surface area contributed by atoms with Gasteiger partial charge in [0.1, 0.15) is 0 Å². The average molecular weight is 287 g/mol. The highest BCUT2D eigenvalue weighted by atomic mass is 16.4. The Morgan fingerprint density at radius 1 is 1.33 bits per heavy atom. The molecular formula is C15H17N3O3. The molecule has 0 unspecified atom stereocenters. The summed E-state index contributed by atoms with van der Waals surface area (Å²) in [5, 5.41) is 16.1. The highest BCUT2D eigenvalue weighted by Crippen LogP contribution is 2.22. The summed E-state index contributed by atoms with van der Waals surface area (Å²) in [6, 6.07) is 4.87. The Labute approximate surface area is 122 Å². The number of para-hydroxylation sites is 1. The predicted molar refractivity (Wildman–Crippen MR) is 78.7 cm³/mol. The zero-order valence-electron chi connectivity index (χ0n) is 12.2. The summed E-state index contributed by atoms with van der Waals surface area (Å²) in [7, 11) is 1.74. The number of carbonyl (C=O) groups is 2. The van der Waals surface area contributed by atoms with Gasteiger partial charge in [-0.05, 0) is 25.0 Å². The number of aromatic carboxylic acids is 1. The smallest absolute Gasteiger partial charge is 0.337 e. The van der Waals surface area contributed by atoms with Crippen LogP contribution in [0.1, 0.15) is 38.9 Å². The van der Waals surface area contributed by atoms with Gasteiger partial charge in [-0.2, -0.15) is 5.10 Å². The summed E-state index contributed by atoms with van der Waals surface area (Å²) in [6.45, 7) is 3.67. The highest BCUT2D eigenvalue weighted by molar-refractivity contribution is 6.08. The molecule has 2 rings (SSSR count). The van der Waals surface area contributed by atoms with Crippen molar-refractivity contribution in [2.24, 2.45) is 7.05 Å². The summed E-state index contributed by atoms with van der Waals surface area (Å²) in [5.41, 5.74) is 2.23. The predicted octanol–water partition coefficient (Wildman–Crippen LogP) is 2.24. The fourth-order valence-electron chi connectivity index (χ4n) is 2.18. The molecule has 6 heteroatoms.